The Balaban J connectivity index is 1.40. The van der Waals surface area contributed by atoms with Crippen LogP contribution < -0.4 is 16.6 Å². The average Bonchev–Trinajstić information content (AvgIpc) is 3.51. The largest absolute Gasteiger partial charge is 0.451 e. The summed E-state index contributed by atoms with van der Waals surface area (Å²) in [7, 11) is 0. The number of imidazole rings is 1. The molecule has 0 radical (unpaired) electrons. The standard InChI is InChI=1S/C22H17F3N10O4/c1-10(18(36)31-14-5-3-4-13(30-14)12-6-26-20(27-7-12)22(23,24)25)35-9-28-17-16(35)19(37)34(21(38)32-17)8-15-29-11(2)33-39-15/h3-7,9-10H,8H2,1-2H3,(H,32,38)(H,30,31,36). The number of hydrogen-bond donors (Lipinski definition) is 2. The minimum Gasteiger partial charge on any atom is -0.337 e. The number of aryl methyl sites for hydroxylation is 1. The third-order valence-corrected chi connectivity index (χ3v) is 5.57. The Bertz CT molecular complexity index is 1800. The van der Waals surface area contributed by atoms with E-state index >= 15 is 0 Å². The van der Waals surface area contributed by atoms with Crippen molar-refractivity contribution in [2.45, 2.75) is 32.6 Å². The van der Waals surface area contributed by atoms with Gasteiger partial charge in [-0.2, -0.15) is 18.2 Å². The van der Waals surface area contributed by atoms with Crippen LogP contribution in [-0.4, -0.2) is 50.1 Å². The van der Waals surface area contributed by atoms with Crippen LogP contribution in [0.5, 0.6) is 0 Å². The van der Waals surface area contributed by atoms with E-state index in [-0.39, 0.29) is 40.7 Å². The molecule has 0 bridgehead atoms. The highest BCUT2D eigenvalue weighted by Gasteiger charge is 2.34. The maximum Gasteiger partial charge on any atom is 0.451 e. The number of H-pyrrole nitrogens is 1. The van der Waals surface area contributed by atoms with Crippen LogP contribution in [0.1, 0.15) is 30.5 Å². The average molecular weight is 542 g/mol. The number of alkyl halides is 3. The lowest BCUT2D eigenvalue weighted by molar-refractivity contribution is -0.145. The third-order valence-electron chi connectivity index (χ3n) is 5.57. The molecule has 0 spiro atoms. The Labute approximate surface area is 214 Å². The van der Waals surface area contributed by atoms with E-state index in [1.54, 1.807) is 6.92 Å². The molecular formula is C22H17F3N10O4. The molecule has 17 heteroatoms. The molecule has 0 fully saturated rings. The van der Waals surface area contributed by atoms with Crippen LogP contribution in [0.3, 0.4) is 0 Å². The summed E-state index contributed by atoms with van der Waals surface area (Å²) in [4.78, 5) is 60.1. The molecule has 0 aliphatic heterocycles. The third kappa shape index (κ3) is 5.00. The van der Waals surface area contributed by atoms with Gasteiger partial charge in [-0.1, -0.05) is 11.2 Å². The van der Waals surface area contributed by atoms with Gasteiger partial charge in [0.05, 0.1) is 12.0 Å². The van der Waals surface area contributed by atoms with E-state index in [9.17, 15) is 27.6 Å². The molecule has 0 aromatic carbocycles. The minimum atomic E-state index is -4.68. The van der Waals surface area contributed by atoms with Crippen molar-refractivity contribution in [2.75, 3.05) is 5.32 Å². The van der Waals surface area contributed by atoms with Crippen molar-refractivity contribution in [1.82, 2.24) is 44.2 Å². The summed E-state index contributed by atoms with van der Waals surface area (Å²) < 4.78 is 45.3. The highest BCUT2D eigenvalue weighted by molar-refractivity contribution is 5.93. The van der Waals surface area contributed by atoms with Crippen LogP contribution in [0.15, 0.2) is 51.0 Å². The van der Waals surface area contributed by atoms with Crippen molar-refractivity contribution in [3.8, 4) is 11.3 Å². The minimum absolute atomic E-state index is 0.0231. The fourth-order valence-corrected chi connectivity index (χ4v) is 3.66. The molecule has 5 heterocycles. The van der Waals surface area contributed by atoms with Crippen LogP contribution in [-0.2, 0) is 17.5 Å². The van der Waals surface area contributed by atoms with E-state index in [0.717, 1.165) is 17.0 Å². The molecule has 1 amide bonds. The maximum atomic E-state index is 13.2. The van der Waals surface area contributed by atoms with Crippen LogP contribution in [0.25, 0.3) is 22.4 Å². The first-order valence-corrected chi connectivity index (χ1v) is 11.2. The van der Waals surface area contributed by atoms with E-state index in [1.807, 2.05) is 0 Å². The summed E-state index contributed by atoms with van der Waals surface area (Å²) >= 11 is 0. The number of amides is 1. The van der Waals surface area contributed by atoms with Gasteiger partial charge in [-0.3, -0.25) is 14.6 Å². The molecular weight excluding hydrogens is 525 g/mol. The lowest BCUT2D eigenvalue weighted by Gasteiger charge is -2.14. The normalized spacial score (nSPS) is 12.5. The van der Waals surface area contributed by atoms with Crippen LogP contribution in [0, 0.1) is 6.92 Å². The summed E-state index contributed by atoms with van der Waals surface area (Å²) in [6.07, 6.45) is -1.49. The second-order valence-electron chi connectivity index (χ2n) is 8.27. The Morgan fingerprint density at radius 2 is 1.90 bits per heavy atom. The molecule has 0 aliphatic rings. The maximum absolute atomic E-state index is 13.2. The van der Waals surface area contributed by atoms with Crippen LogP contribution in [0.4, 0.5) is 19.0 Å². The fraction of sp³-hybridized carbons (Fsp3) is 0.227. The lowest BCUT2D eigenvalue weighted by Crippen LogP contribution is -2.37. The predicted molar refractivity (Wildman–Crippen MR) is 126 cm³/mol. The SMILES string of the molecule is Cc1noc(Cn2c(=O)[nH]c3ncn(C(C)C(=O)Nc4cccc(-c5cnc(C(F)(F)F)nc5)n4)c3c2=O)n1. The first-order valence-electron chi connectivity index (χ1n) is 11.2. The van der Waals surface area contributed by atoms with E-state index in [2.05, 4.69) is 40.4 Å². The molecule has 14 nitrogen and oxygen atoms in total. The monoisotopic (exact) mass is 542 g/mol. The Kier molecular flexibility index (Phi) is 6.25. The van der Waals surface area contributed by atoms with Gasteiger partial charge in [0, 0.05) is 18.0 Å². The van der Waals surface area contributed by atoms with Crippen molar-refractivity contribution < 1.29 is 22.5 Å². The number of fused-ring (bicyclic) bond motifs is 1. The van der Waals surface area contributed by atoms with Gasteiger partial charge in [-0.15, -0.1) is 0 Å². The number of aromatic amines is 1. The molecule has 200 valence electrons. The van der Waals surface area contributed by atoms with Crippen molar-refractivity contribution in [2.24, 2.45) is 0 Å². The number of anilines is 1. The van der Waals surface area contributed by atoms with E-state index in [0.29, 0.717) is 5.82 Å². The van der Waals surface area contributed by atoms with E-state index in [1.165, 1.54) is 36.0 Å². The van der Waals surface area contributed by atoms with Crippen molar-refractivity contribution >= 4 is 22.9 Å². The smallest absolute Gasteiger partial charge is 0.337 e. The molecule has 2 N–H and O–H groups in total. The molecule has 0 saturated carbocycles. The number of carbonyl (C=O) groups is 1. The van der Waals surface area contributed by atoms with Crippen LogP contribution >= 0.6 is 0 Å². The first-order chi connectivity index (χ1) is 18.5. The van der Waals surface area contributed by atoms with Crippen molar-refractivity contribution in [1.29, 1.82) is 0 Å². The summed E-state index contributed by atoms with van der Waals surface area (Å²) in [6.45, 7) is 2.79. The molecule has 1 unspecified atom stereocenters. The zero-order valence-electron chi connectivity index (χ0n) is 20.1. The highest BCUT2D eigenvalue weighted by atomic mass is 19.4. The van der Waals surface area contributed by atoms with E-state index < -0.39 is 35.2 Å². The second-order valence-corrected chi connectivity index (χ2v) is 8.27. The molecule has 0 saturated heterocycles. The highest BCUT2D eigenvalue weighted by Crippen LogP contribution is 2.27. The summed E-state index contributed by atoms with van der Waals surface area (Å²) in [5.41, 5.74) is -1.13. The molecule has 39 heavy (non-hydrogen) atoms. The number of hydrogen-bond acceptors (Lipinski definition) is 10. The molecule has 1 atom stereocenters. The molecule has 5 aromatic heterocycles. The van der Waals surface area contributed by atoms with Gasteiger partial charge in [-0.05, 0) is 26.0 Å². The summed E-state index contributed by atoms with van der Waals surface area (Å²) in [5, 5.41) is 6.23. The number of nitrogens with zero attached hydrogens (tertiary/aromatic N) is 8. The van der Waals surface area contributed by atoms with Gasteiger partial charge < -0.3 is 14.4 Å². The van der Waals surface area contributed by atoms with Gasteiger partial charge in [0.15, 0.2) is 17.0 Å². The van der Waals surface area contributed by atoms with Crippen molar-refractivity contribution in [3.05, 3.63) is 75.3 Å². The summed E-state index contributed by atoms with van der Waals surface area (Å²) in [6, 6.07) is 3.53. The number of rotatable bonds is 6. The molecule has 5 aromatic rings. The van der Waals surface area contributed by atoms with Gasteiger partial charge in [0.1, 0.15) is 18.4 Å². The van der Waals surface area contributed by atoms with Gasteiger partial charge in [0.25, 0.3) is 5.56 Å². The predicted octanol–water partition coefficient (Wildman–Crippen LogP) is 1.70. The summed E-state index contributed by atoms with van der Waals surface area (Å²) in [5.74, 6) is -1.42. The Hall–Kier alpha value is -5.22. The number of aromatic nitrogens is 9. The number of halogens is 3. The topological polar surface area (TPSA) is 179 Å². The fourth-order valence-electron chi connectivity index (χ4n) is 3.66. The molecule has 5 rings (SSSR count). The number of nitrogens with one attached hydrogen (secondary N) is 2. The number of carbonyl (C=O) groups excluding carboxylic acids is 1. The van der Waals surface area contributed by atoms with Gasteiger partial charge in [-0.25, -0.2) is 29.3 Å². The van der Waals surface area contributed by atoms with Crippen LogP contribution in [0.2, 0.25) is 0 Å². The lowest BCUT2D eigenvalue weighted by atomic mass is 10.2. The van der Waals surface area contributed by atoms with E-state index in [4.69, 9.17) is 4.52 Å². The van der Waals surface area contributed by atoms with Gasteiger partial charge in [0.2, 0.25) is 17.6 Å². The Morgan fingerprint density at radius 3 is 2.56 bits per heavy atom. The van der Waals surface area contributed by atoms with Crippen molar-refractivity contribution in [3.63, 3.8) is 0 Å². The Morgan fingerprint density at radius 1 is 1.15 bits per heavy atom. The zero-order valence-corrected chi connectivity index (χ0v) is 20.1. The number of pyridine rings is 1. The quantitative estimate of drug-likeness (QED) is 0.321. The first kappa shape index (κ1) is 25.4. The zero-order chi connectivity index (χ0) is 27.9. The molecule has 0 aliphatic carbocycles. The second kappa shape index (κ2) is 9.58. The van der Waals surface area contributed by atoms with Gasteiger partial charge >= 0.3 is 11.9 Å².